The van der Waals surface area contributed by atoms with Gasteiger partial charge in [-0.15, -0.1) is 0 Å². The fraction of sp³-hybridized carbons (Fsp3) is 0.300. The van der Waals surface area contributed by atoms with Crippen molar-refractivity contribution in [2.24, 2.45) is 5.73 Å². The fourth-order valence-electron chi connectivity index (χ4n) is 2.37. The molecule has 2 aromatic carbocycles. The van der Waals surface area contributed by atoms with Crippen LogP contribution in [0.25, 0.3) is 0 Å². The lowest BCUT2D eigenvalue weighted by Crippen LogP contribution is -2.56. The molecule has 5 nitrogen and oxygen atoms in total. The number of nitrogens with one attached hydrogen (secondary N) is 1. The van der Waals surface area contributed by atoms with E-state index in [0.29, 0.717) is 6.42 Å². The maximum atomic E-state index is 12.4. The summed E-state index contributed by atoms with van der Waals surface area (Å²) in [5, 5.41) is 2.64. The minimum atomic E-state index is -1.12. The second kappa shape index (κ2) is 8.44. The number of hydrogen-bond donors (Lipinski definition) is 2. The summed E-state index contributed by atoms with van der Waals surface area (Å²) >= 11 is 0. The van der Waals surface area contributed by atoms with Gasteiger partial charge in [0.1, 0.15) is 12.6 Å². The Balaban J connectivity index is 1.86. The van der Waals surface area contributed by atoms with Gasteiger partial charge in [-0.05, 0) is 31.4 Å². The SMILES string of the molecule is C[C@H](NC(=O)[C@@](C)(N)Cc1ccccc1)C(=O)OCc1ccccc1. The normalized spacial score (nSPS) is 14.2. The highest BCUT2D eigenvalue weighted by Gasteiger charge is 2.31. The van der Waals surface area contributed by atoms with Crippen LogP contribution in [0.5, 0.6) is 0 Å². The summed E-state index contributed by atoms with van der Waals surface area (Å²) in [5.41, 5.74) is 6.88. The smallest absolute Gasteiger partial charge is 0.328 e. The van der Waals surface area contributed by atoms with Crippen LogP contribution in [0.1, 0.15) is 25.0 Å². The zero-order chi connectivity index (χ0) is 18.3. The van der Waals surface area contributed by atoms with E-state index in [9.17, 15) is 9.59 Å². The Labute approximate surface area is 148 Å². The molecule has 2 rings (SSSR count). The van der Waals surface area contributed by atoms with Gasteiger partial charge < -0.3 is 15.8 Å². The molecule has 3 N–H and O–H groups in total. The molecular formula is C20H24N2O3. The summed E-state index contributed by atoms with van der Waals surface area (Å²) in [7, 11) is 0. The first-order valence-corrected chi connectivity index (χ1v) is 8.23. The zero-order valence-electron chi connectivity index (χ0n) is 14.6. The van der Waals surface area contributed by atoms with E-state index in [4.69, 9.17) is 10.5 Å². The van der Waals surface area contributed by atoms with E-state index < -0.39 is 17.6 Å². The fourth-order valence-corrected chi connectivity index (χ4v) is 2.37. The predicted molar refractivity (Wildman–Crippen MR) is 96.6 cm³/mol. The van der Waals surface area contributed by atoms with E-state index in [2.05, 4.69) is 5.32 Å². The number of ether oxygens (including phenoxy) is 1. The Kier molecular flexibility index (Phi) is 6.31. The first-order chi connectivity index (χ1) is 11.9. The summed E-state index contributed by atoms with van der Waals surface area (Å²) in [6.07, 6.45) is 0.380. The van der Waals surface area contributed by atoms with Crippen LogP contribution >= 0.6 is 0 Å². The van der Waals surface area contributed by atoms with Gasteiger partial charge >= 0.3 is 5.97 Å². The second-order valence-corrected chi connectivity index (χ2v) is 6.37. The summed E-state index contributed by atoms with van der Waals surface area (Å²) in [6.45, 7) is 3.41. The highest BCUT2D eigenvalue weighted by molar-refractivity contribution is 5.90. The van der Waals surface area contributed by atoms with Crippen molar-refractivity contribution in [2.75, 3.05) is 0 Å². The van der Waals surface area contributed by atoms with Crippen LogP contribution < -0.4 is 11.1 Å². The van der Waals surface area contributed by atoms with E-state index in [0.717, 1.165) is 11.1 Å². The van der Waals surface area contributed by atoms with Crippen LogP contribution in [-0.2, 0) is 27.4 Å². The number of nitrogens with two attached hydrogens (primary N) is 1. The average molecular weight is 340 g/mol. The largest absolute Gasteiger partial charge is 0.459 e. The lowest BCUT2D eigenvalue weighted by Gasteiger charge is -2.25. The standard InChI is InChI=1S/C20H24N2O3/c1-15(18(23)25-14-17-11-7-4-8-12-17)22-19(24)20(2,21)13-16-9-5-3-6-10-16/h3-12,15H,13-14,21H2,1-2H3,(H,22,24)/t15-,20-/m0/s1. The van der Waals surface area contributed by atoms with Crippen LogP contribution in [0.2, 0.25) is 0 Å². The van der Waals surface area contributed by atoms with E-state index in [1.165, 1.54) is 0 Å². The molecule has 0 saturated heterocycles. The lowest BCUT2D eigenvalue weighted by atomic mass is 9.93. The number of carbonyl (C=O) groups excluding carboxylic acids is 2. The van der Waals surface area contributed by atoms with Crippen molar-refractivity contribution in [2.45, 2.75) is 38.5 Å². The van der Waals surface area contributed by atoms with E-state index in [1.54, 1.807) is 13.8 Å². The van der Waals surface area contributed by atoms with Crippen LogP contribution in [0.3, 0.4) is 0 Å². The molecule has 2 atom stereocenters. The highest BCUT2D eigenvalue weighted by Crippen LogP contribution is 2.11. The molecule has 0 aliphatic rings. The molecule has 1 amide bonds. The van der Waals surface area contributed by atoms with Crippen molar-refractivity contribution in [3.63, 3.8) is 0 Å². The van der Waals surface area contributed by atoms with Gasteiger partial charge in [0.2, 0.25) is 5.91 Å². The van der Waals surface area contributed by atoms with Crippen molar-refractivity contribution in [1.82, 2.24) is 5.32 Å². The van der Waals surface area contributed by atoms with Gasteiger partial charge in [-0.25, -0.2) is 4.79 Å². The Hall–Kier alpha value is -2.66. The summed E-state index contributed by atoms with van der Waals surface area (Å²) in [4.78, 5) is 24.5. The maximum Gasteiger partial charge on any atom is 0.328 e. The lowest BCUT2D eigenvalue weighted by molar-refractivity contribution is -0.149. The molecule has 0 aliphatic carbocycles. The van der Waals surface area contributed by atoms with Gasteiger partial charge in [0.25, 0.3) is 0 Å². The van der Waals surface area contributed by atoms with Gasteiger partial charge in [0, 0.05) is 0 Å². The zero-order valence-corrected chi connectivity index (χ0v) is 14.6. The van der Waals surface area contributed by atoms with Crippen molar-refractivity contribution >= 4 is 11.9 Å². The number of rotatable bonds is 7. The molecule has 0 aromatic heterocycles. The third kappa shape index (κ3) is 5.72. The van der Waals surface area contributed by atoms with Crippen LogP contribution in [0.15, 0.2) is 60.7 Å². The molecule has 25 heavy (non-hydrogen) atoms. The summed E-state index contributed by atoms with van der Waals surface area (Å²) in [6, 6.07) is 18.1. The van der Waals surface area contributed by atoms with Crippen LogP contribution in [0, 0.1) is 0 Å². The topological polar surface area (TPSA) is 81.4 Å². The predicted octanol–water partition coefficient (Wildman–Crippen LogP) is 2.19. The van der Waals surface area contributed by atoms with Gasteiger partial charge in [-0.1, -0.05) is 60.7 Å². The van der Waals surface area contributed by atoms with E-state index in [-0.39, 0.29) is 12.5 Å². The Morgan fingerprint density at radius 3 is 2.12 bits per heavy atom. The molecule has 2 aromatic rings. The molecule has 132 valence electrons. The van der Waals surface area contributed by atoms with Crippen LogP contribution in [0.4, 0.5) is 0 Å². The van der Waals surface area contributed by atoms with Crippen molar-refractivity contribution in [1.29, 1.82) is 0 Å². The number of hydrogen-bond acceptors (Lipinski definition) is 4. The van der Waals surface area contributed by atoms with Gasteiger partial charge in [-0.2, -0.15) is 0 Å². The van der Waals surface area contributed by atoms with E-state index >= 15 is 0 Å². The van der Waals surface area contributed by atoms with E-state index in [1.807, 2.05) is 60.7 Å². The van der Waals surface area contributed by atoms with Crippen molar-refractivity contribution < 1.29 is 14.3 Å². The molecule has 0 bridgehead atoms. The molecule has 0 fully saturated rings. The molecule has 0 aliphatic heterocycles. The molecule has 0 spiro atoms. The number of benzene rings is 2. The first kappa shape index (κ1) is 18.7. The minimum absolute atomic E-state index is 0.170. The quantitative estimate of drug-likeness (QED) is 0.757. The minimum Gasteiger partial charge on any atom is -0.459 e. The monoisotopic (exact) mass is 340 g/mol. The highest BCUT2D eigenvalue weighted by atomic mass is 16.5. The third-order valence-electron chi connectivity index (χ3n) is 3.86. The number of carbonyl (C=O) groups is 2. The Morgan fingerprint density at radius 2 is 1.56 bits per heavy atom. The summed E-state index contributed by atoms with van der Waals surface area (Å²) < 4.78 is 5.23. The molecule has 0 radical (unpaired) electrons. The average Bonchev–Trinajstić information content (AvgIpc) is 2.61. The van der Waals surface area contributed by atoms with Gasteiger partial charge in [0.05, 0.1) is 5.54 Å². The van der Waals surface area contributed by atoms with Gasteiger partial charge in [0.15, 0.2) is 0 Å². The molecule has 0 unspecified atom stereocenters. The number of esters is 1. The maximum absolute atomic E-state index is 12.4. The molecule has 5 heteroatoms. The van der Waals surface area contributed by atoms with Crippen molar-refractivity contribution in [3.05, 3.63) is 71.8 Å². The van der Waals surface area contributed by atoms with Gasteiger partial charge in [-0.3, -0.25) is 4.79 Å². The van der Waals surface area contributed by atoms with Crippen molar-refractivity contribution in [3.8, 4) is 0 Å². The molecular weight excluding hydrogens is 316 g/mol. The molecule has 0 heterocycles. The first-order valence-electron chi connectivity index (χ1n) is 8.23. The number of amides is 1. The third-order valence-corrected chi connectivity index (χ3v) is 3.86. The second-order valence-electron chi connectivity index (χ2n) is 6.37. The van der Waals surface area contributed by atoms with Crippen LogP contribution in [-0.4, -0.2) is 23.5 Å². The Bertz CT molecular complexity index is 699. The Morgan fingerprint density at radius 1 is 1.04 bits per heavy atom. The molecule has 0 saturated carbocycles. The summed E-state index contributed by atoms with van der Waals surface area (Å²) in [5.74, 6) is -0.881.